The van der Waals surface area contributed by atoms with E-state index in [0.717, 1.165) is 0 Å². The molecular weight excluding hydrogens is 232 g/mol. The molecule has 0 aliphatic carbocycles. The molecule has 0 aromatic carbocycles. The smallest absolute Gasteiger partial charge is 0.357 e. The van der Waals surface area contributed by atoms with Crippen LogP contribution in [0, 0.1) is 0 Å². The van der Waals surface area contributed by atoms with E-state index >= 15 is 0 Å². The third-order valence-electron chi connectivity index (χ3n) is 3.42. The van der Waals surface area contributed by atoms with Gasteiger partial charge in [-0.3, -0.25) is 0 Å². The molecule has 92 valence electrons. The molecule has 0 bridgehead atoms. The number of methoxy groups -OCH3 is 1. The highest BCUT2D eigenvalue weighted by Gasteiger charge is 2.85. The largest absolute Gasteiger partial charge is 0.466 e. The van der Waals surface area contributed by atoms with Gasteiger partial charge in [-0.25, -0.2) is 4.79 Å². The second-order valence-corrected chi connectivity index (χ2v) is 6.10. The lowest BCUT2D eigenvalue weighted by Gasteiger charge is -2.25. The Morgan fingerprint density at radius 2 is 1.81 bits per heavy atom. The molecule has 0 aromatic heterocycles. The van der Waals surface area contributed by atoms with Gasteiger partial charge in [0.2, 0.25) is 0 Å². The Morgan fingerprint density at radius 3 is 2.19 bits per heavy atom. The molecule has 2 fully saturated rings. The topological polar surface area (TPSA) is 48.1 Å². The molecule has 2 saturated heterocycles. The number of esters is 1. The van der Waals surface area contributed by atoms with Crippen LogP contribution in [0.4, 0.5) is 0 Å². The first kappa shape index (κ1) is 12.1. The van der Waals surface area contributed by atoms with Gasteiger partial charge in [0.15, 0.2) is 5.60 Å². The quantitative estimate of drug-likeness (QED) is 0.404. The summed E-state index contributed by atoms with van der Waals surface area (Å²) in [6.45, 7) is 7.68. The Hall–Kier alpha value is -0.320. The highest BCUT2D eigenvalue weighted by Crippen LogP contribution is 2.66. The number of ether oxygens (including phenoxy) is 3. The van der Waals surface area contributed by atoms with Crippen molar-refractivity contribution < 1.29 is 19.0 Å². The lowest BCUT2D eigenvalue weighted by atomic mass is 9.84. The fourth-order valence-electron chi connectivity index (χ4n) is 2.83. The Bertz CT molecular complexity index is 352. The highest BCUT2D eigenvalue weighted by molar-refractivity contribution is 6.36. The monoisotopic (exact) mass is 248 g/mol. The minimum absolute atomic E-state index is 0.353. The van der Waals surface area contributed by atoms with Crippen LogP contribution >= 0.6 is 11.6 Å². The van der Waals surface area contributed by atoms with Crippen LogP contribution in [0.1, 0.15) is 34.1 Å². The van der Waals surface area contributed by atoms with Crippen LogP contribution in [-0.2, 0) is 19.0 Å². The van der Waals surface area contributed by atoms with Crippen LogP contribution < -0.4 is 0 Å². The molecule has 2 atom stereocenters. The van der Waals surface area contributed by atoms with Crippen molar-refractivity contribution in [2.45, 2.75) is 56.0 Å². The van der Waals surface area contributed by atoms with Crippen LogP contribution in [0.25, 0.3) is 0 Å². The molecule has 2 aliphatic rings. The summed E-state index contributed by atoms with van der Waals surface area (Å²) in [5.74, 6) is -0.552. The molecule has 0 amide bonds. The van der Waals surface area contributed by atoms with Crippen molar-refractivity contribution in [1.82, 2.24) is 0 Å². The molecule has 4 nitrogen and oxygen atoms in total. The predicted octanol–water partition coefficient (Wildman–Crippen LogP) is 1.84. The van der Waals surface area contributed by atoms with Gasteiger partial charge in [0.1, 0.15) is 0 Å². The van der Waals surface area contributed by atoms with Crippen LogP contribution in [0.2, 0.25) is 0 Å². The summed E-state index contributed by atoms with van der Waals surface area (Å²) in [4.78, 5) is 11.6. The standard InChI is InChI=1S/C11H17ClO4/c1-8(2)6-10(9(3,4)15-8)11(12,16-10)7(13)14-5/h6H2,1-5H3. The SMILES string of the molecule is COC(=O)C1(Cl)OC12CC(C)(C)OC2(C)C. The van der Waals surface area contributed by atoms with E-state index in [1.165, 1.54) is 7.11 Å². The van der Waals surface area contributed by atoms with E-state index in [-0.39, 0.29) is 5.60 Å². The molecule has 5 heteroatoms. The number of epoxide rings is 1. The molecule has 0 N–H and O–H groups in total. The van der Waals surface area contributed by atoms with Crippen LogP contribution in [0.15, 0.2) is 0 Å². The first-order chi connectivity index (χ1) is 7.10. The number of halogens is 1. The molecule has 2 rings (SSSR count). The molecule has 0 saturated carbocycles. The zero-order valence-electron chi connectivity index (χ0n) is 10.2. The number of hydrogen-bond donors (Lipinski definition) is 0. The van der Waals surface area contributed by atoms with Crippen molar-refractivity contribution in [2.75, 3.05) is 7.11 Å². The van der Waals surface area contributed by atoms with Gasteiger partial charge in [0.05, 0.1) is 18.3 Å². The first-order valence-corrected chi connectivity index (χ1v) is 5.66. The second-order valence-electron chi connectivity index (χ2n) is 5.56. The van der Waals surface area contributed by atoms with E-state index in [1.807, 2.05) is 27.7 Å². The molecule has 0 radical (unpaired) electrons. The van der Waals surface area contributed by atoms with Crippen molar-refractivity contribution in [3.05, 3.63) is 0 Å². The maximum atomic E-state index is 11.6. The van der Waals surface area contributed by atoms with Crippen molar-refractivity contribution in [3.63, 3.8) is 0 Å². The maximum absolute atomic E-state index is 11.6. The Balaban J connectivity index is 2.34. The lowest BCUT2D eigenvalue weighted by molar-refractivity contribution is -0.143. The zero-order chi connectivity index (χ0) is 12.4. The van der Waals surface area contributed by atoms with Gasteiger partial charge in [0, 0.05) is 6.42 Å². The number of rotatable bonds is 1. The van der Waals surface area contributed by atoms with Gasteiger partial charge in [-0.05, 0) is 27.7 Å². The number of carbonyl (C=O) groups is 1. The summed E-state index contributed by atoms with van der Waals surface area (Å²) in [6, 6.07) is 0. The summed E-state index contributed by atoms with van der Waals surface area (Å²) in [5.41, 5.74) is -1.74. The van der Waals surface area contributed by atoms with Gasteiger partial charge in [-0.15, -0.1) is 0 Å². The molecule has 2 unspecified atom stereocenters. The molecule has 0 aromatic rings. The lowest BCUT2D eigenvalue weighted by Crippen LogP contribution is -2.43. The summed E-state index contributed by atoms with van der Waals surface area (Å²) in [7, 11) is 1.30. The fraction of sp³-hybridized carbons (Fsp3) is 0.909. The minimum Gasteiger partial charge on any atom is -0.466 e. The average Bonchev–Trinajstić information content (AvgIpc) is 2.64. The van der Waals surface area contributed by atoms with Crippen LogP contribution in [-0.4, -0.2) is 34.9 Å². The third-order valence-corrected chi connectivity index (χ3v) is 3.96. The molecular formula is C11H17ClO4. The number of hydrogen-bond acceptors (Lipinski definition) is 4. The zero-order valence-corrected chi connectivity index (χ0v) is 11.0. The van der Waals surface area contributed by atoms with Gasteiger partial charge >= 0.3 is 5.97 Å². The normalized spacial score (nSPS) is 43.4. The molecule has 2 aliphatic heterocycles. The summed E-state index contributed by atoms with van der Waals surface area (Å²) in [6.07, 6.45) is 0.575. The Morgan fingerprint density at radius 1 is 1.25 bits per heavy atom. The number of alkyl halides is 1. The van der Waals surface area contributed by atoms with Crippen LogP contribution in [0.5, 0.6) is 0 Å². The Kier molecular flexibility index (Phi) is 2.22. The number of carbonyl (C=O) groups excluding carboxylic acids is 1. The van der Waals surface area contributed by atoms with E-state index in [0.29, 0.717) is 6.42 Å². The highest BCUT2D eigenvalue weighted by atomic mass is 35.5. The van der Waals surface area contributed by atoms with Gasteiger partial charge < -0.3 is 14.2 Å². The summed E-state index contributed by atoms with van der Waals surface area (Å²) < 4.78 is 16.1. The van der Waals surface area contributed by atoms with Crippen molar-refractivity contribution in [2.24, 2.45) is 0 Å². The Labute approximate surface area is 100 Å². The molecule has 1 spiro atoms. The maximum Gasteiger partial charge on any atom is 0.357 e. The predicted molar refractivity (Wildman–Crippen MR) is 58.3 cm³/mol. The van der Waals surface area contributed by atoms with E-state index in [9.17, 15) is 4.79 Å². The second kappa shape index (κ2) is 2.92. The van der Waals surface area contributed by atoms with E-state index in [4.69, 9.17) is 21.1 Å². The third kappa shape index (κ3) is 1.27. The van der Waals surface area contributed by atoms with Gasteiger partial charge in [-0.1, -0.05) is 11.6 Å². The summed E-state index contributed by atoms with van der Waals surface area (Å²) in [5, 5.41) is -1.39. The fourth-order valence-corrected chi connectivity index (χ4v) is 3.34. The van der Waals surface area contributed by atoms with Gasteiger partial charge in [0.25, 0.3) is 5.06 Å². The van der Waals surface area contributed by atoms with Gasteiger partial charge in [-0.2, -0.15) is 0 Å². The van der Waals surface area contributed by atoms with E-state index < -0.39 is 22.2 Å². The molecule has 16 heavy (non-hydrogen) atoms. The van der Waals surface area contributed by atoms with Crippen molar-refractivity contribution in [1.29, 1.82) is 0 Å². The minimum atomic E-state index is -1.39. The van der Waals surface area contributed by atoms with E-state index in [1.54, 1.807) is 0 Å². The molecule has 2 heterocycles. The summed E-state index contributed by atoms with van der Waals surface area (Å²) >= 11 is 6.19. The average molecular weight is 249 g/mol. The van der Waals surface area contributed by atoms with Crippen LogP contribution in [0.3, 0.4) is 0 Å². The first-order valence-electron chi connectivity index (χ1n) is 5.28. The van der Waals surface area contributed by atoms with E-state index in [2.05, 4.69) is 4.74 Å². The van der Waals surface area contributed by atoms with Crippen molar-refractivity contribution >= 4 is 17.6 Å². The van der Waals surface area contributed by atoms with Crippen molar-refractivity contribution in [3.8, 4) is 0 Å².